The van der Waals surface area contributed by atoms with Crippen LogP contribution in [0.3, 0.4) is 0 Å². The highest BCUT2D eigenvalue weighted by atomic mass is 32.2. The van der Waals surface area contributed by atoms with Crippen LogP contribution in [0.2, 0.25) is 0 Å². The molecule has 92 valence electrons. The van der Waals surface area contributed by atoms with Crippen molar-refractivity contribution in [2.75, 3.05) is 0 Å². The maximum absolute atomic E-state index is 8.87. The number of aryl methyl sites for hydroxylation is 2. The van der Waals surface area contributed by atoms with Crippen molar-refractivity contribution >= 4 is 11.8 Å². The third-order valence-electron chi connectivity index (χ3n) is 2.55. The summed E-state index contributed by atoms with van der Waals surface area (Å²) in [6.07, 6.45) is 0. The lowest BCUT2D eigenvalue weighted by molar-refractivity contribution is 0.866. The molecule has 0 unspecified atom stereocenters. The Balaban J connectivity index is 2.41. The Morgan fingerprint density at radius 2 is 1.89 bits per heavy atom. The van der Waals surface area contributed by atoms with Crippen LogP contribution in [0.25, 0.3) is 5.69 Å². The van der Waals surface area contributed by atoms with E-state index in [0.717, 1.165) is 16.7 Å². The van der Waals surface area contributed by atoms with Crippen LogP contribution < -0.4 is 0 Å². The molecule has 1 aromatic carbocycles. The first-order valence-corrected chi connectivity index (χ1v) is 6.55. The summed E-state index contributed by atoms with van der Waals surface area (Å²) in [5.41, 5.74) is 2.24. The Labute approximate surface area is 111 Å². The van der Waals surface area contributed by atoms with Crippen LogP contribution in [0, 0.1) is 25.2 Å². The van der Waals surface area contributed by atoms with Crippen molar-refractivity contribution in [1.29, 1.82) is 5.26 Å². The van der Waals surface area contributed by atoms with Gasteiger partial charge >= 0.3 is 0 Å². The van der Waals surface area contributed by atoms with E-state index < -0.39 is 0 Å². The summed E-state index contributed by atoms with van der Waals surface area (Å²) < 4.78 is 1.97. The SMILES string of the molecule is Cc1ccc(-n2c(C)nnc2S[C@H](C)C#N)cc1. The van der Waals surface area contributed by atoms with Crippen LogP contribution in [-0.4, -0.2) is 20.0 Å². The van der Waals surface area contributed by atoms with Gasteiger partial charge in [-0.15, -0.1) is 10.2 Å². The van der Waals surface area contributed by atoms with E-state index in [1.807, 2.05) is 30.5 Å². The second kappa shape index (κ2) is 5.23. The highest BCUT2D eigenvalue weighted by molar-refractivity contribution is 8.00. The van der Waals surface area contributed by atoms with Crippen molar-refractivity contribution in [3.8, 4) is 11.8 Å². The minimum Gasteiger partial charge on any atom is -0.274 e. The zero-order chi connectivity index (χ0) is 13.1. The average Bonchev–Trinajstić information content (AvgIpc) is 2.72. The van der Waals surface area contributed by atoms with Gasteiger partial charge in [0.05, 0.1) is 11.3 Å². The van der Waals surface area contributed by atoms with Gasteiger partial charge in [-0.1, -0.05) is 29.5 Å². The Morgan fingerprint density at radius 3 is 2.50 bits per heavy atom. The third-order valence-corrected chi connectivity index (χ3v) is 3.49. The van der Waals surface area contributed by atoms with Gasteiger partial charge in [-0.05, 0) is 32.9 Å². The number of rotatable bonds is 3. The van der Waals surface area contributed by atoms with E-state index in [1.165, 1.54) is 17.3 Å². The summed E-state index contributed by atoms with van der Waals surface area (Å²) in [6.45, 7) is 5.82. The van der Waals surface area contributed by atoms with Crippen molar-refractivity contribution in [1.82, 2.24) is 14.8 Å². The molecule has 0 aliphatic rings. The van der Waals surface area contributed by atoms with Gasteiger partial charge in [-0.3, -0.25) is 4.57 Å². The number of nitriles is 1. The second-order valence-corrected chi connectivity index (χ2v) is 5.40. The predicted molar refractivity (Wildman–Crippen MR) is 71.8 cm³/mol. The Hall–Kier alpha value is -1.80. The molecule has 0 fully saturated rings. The van der Waals surface area contributed by atoms with Gasteiger partial charge in [-0.25, -0.2) is 0 Å². The smallest absolute Gasteiger partial charge is 0.197 e. The van der Waals surface area contributed by atoms with Crippen LogP contribution >= 0.6 is 11.8 Å². The standard InChI is InChI=1S/C13H14N4S/c1-9-4-6-12(7-5-9)17-11(3)15-16-13(17)18-10(2)8-14/h4-7,10H,1-3H3/t10-/m1/s1. The van der Waals surface area contributed by atoms with Gasteiger partial charge < -0.3 is 0 Å². The predicted octanol–water partition coefficient (Wildman–Crippen LogP) is 2.89. The van der Waals surface area contributed by atoms with Crippen molar-refractivity contribution in [2.45, 2.75) is 31.2 Å². The first-order chi connectivity index (χ1) is 8.61. The van der Waals surface area contributed by atoms with Crippen LogP contribution in [0.1, 0.15) is 18.3 Å². The quantitative estimate of drug-likeness (QED) is 0.794. The van der Waals surface area contributed by atoms with Crippen molar-refractivity contribution in [2.24, 2.45) is 0 Å². The molecule has 0 N–H and O–H groups in total. The Bertz CT molecular complexity index is 580. The van der Waals surface area contributed by atoms with E-state index in [9.17, 15) is 0 Å². The molecule has 1 heterocycles. The molecule has 0 aliphatic heterocycles. The third kappa shape index (κ3) is 2.54. The molecule has 5 heteroatoms. The molecular formula is C13H14N4S. The second-order valence-electron chi connectivity index (χ2n) is 4.09. The normalized spacial score (nSPS) is 12.1. The van der Waals surface area contributed by atoms with E-state index in [4.69, 9.17) is 5.26 Å². The number of hydrogen-bond acceptors (Lipinski definition) is 4. The fraction of sp³-hybridized carbons (Fsp3) is 0.308. The summed E-state index contributed by atoms with van der Waals surface area (Å²) in [6, 6.07) is 10.4. The van der Waals surface area contributed by atoms with E-state index in [-0.39, 0.29) is 5.25 Å². The minimum atomic E-state index is -0.141. The molecule has 4 nitrogen and oxygen atoms in total. The summed E-state index contributed by atoms with van der Waals surface area (Å²) in [5, 5.41) is 17.7. The van der Waals surface area contributed by atoms with Crippen LogP contribution in [-0.2, 0) is 0 Å². The van der Waals surface area contributed by atoms with Crippen LogP contribution in [0.15, 0.2) is 29.4 Å². The van der Waals surface area contributed by atoms with Gasteiger partial charge in [0.2, 0.25) is 0 Å². The Kier molecular flexibility index (Phi) is 3.68. The van der Waals surface area contributed by atoms with Crippen molar-refractivity contribution in [3.63, 3.8) is 0 Å². The molecule has 1 atom stereocenters. The maximum atomic E-state index is 8.87. The molecule has 0 saturated carbocycles. The number of nitrogens with zero attached hydrogens (tertiary/aromatic N) is 4. The molecule has 0 spiro atoms. The van der Waals surface area contributed by atoms with Crippen molar-refractivity contribution < 1.29 is 0 Å². The summed E-state index contributed by atoms with van der Waals surface area (Å²) in [4.78, 5) is 0. The number of thioether (sulfide) groups is 1. The van der Waals surface area contributed by atoms with Crippen molar-refractivity contribution in [3.05, 3.63) is 35.7 Å². The largest absolute Gasteiger partial charge is 0.274 e. The molecule has 0 saturated heterocycles. The topological polar surface area (TPSA) is 54.5 Å². The van der Waals surface area contributed by atoms with Crippen LogP contribution in [0.5, 0.6) is 0 Å². The lowest BCUT2D eigenvalue weighted by Crippen LogP contribution is -2.01. The van der Waals surface area contributed by atoms with E-state index in [0.29, 0.717) is 0 Å². The summed E-state index contributed by atoms with van der Waals surface area (Å²) >= 11 is 1.42. The molecule has 0 aliphatic carbocycles. The van der Waals surface area contributed by atoms with Gasteiger partial charge in [0.1, 0.15) is 5.82 Å². The average molecular weight is 258 g/mol. The van der Waals surface area contributed by atoms with Gasteiger partial charge in [-0.2, -0.15) is 5.26 Å². The molecule has 2 rings (SSSR count). The summed E-state index contributed by atoms with van der Waals surface area (Å²) in [7, 11) is 0. The summed E-state index contributed by atoms with van der Waals surface area (Å²) in [5.74, 6) is 0.825. The number of aromatic nitrogens is 3. The van der Waals surface area contributed by atoms with Crippen LogP contribution in [0.4, 0.5) is 0 Å². The molecule has 0 radical (unpaired) electrons. The molecule has 2 aromatic rings. The van der Waals surface area contributed by atoms with Gasteiger partial charge in [0.25, 0.3) is 0 Å². The fourth-order valence-electron chi connectivity index (χ4n) is 1.59. The van der Waals surface area contributed by atoms with Gasteiger partial charge in [0, 0.05) is 5.69 Å². The Morgan fingerprint density at radius 1 is 1.22 bits per heavy atom. The molecule has 18 heavy (non-hydrogen) atoms. The van der Waals surface area contributed by atoms with E-state index in [1.54, 1.807) is 0 Å². The minimum absolute atomic E-state index is 0.141. The maximum Gasteiger partial charge on any atom is 0.197 e. The highest BCUT2D eigenvalue weighted by Gasteiger charge is 2.14. The lowest BCUT2D eigenvalue weighted by Gasteiger charge is -2.09. The zero-order valence-corrected chi connectivity index (χ0v) is 11.4. The van der Waals surface area contributed by atoms with Gasteiger partial charge in [0.15, 0.2) is 5.16 Å². The number of hydrogen-bond donors (Lipinski definition) is 0. The lowest BCUT2D eigenvalue weighted by atomic mass is 10.2. The first kappa shape index (κ1) is 12.7. The zero-order valence-electron chi connectivity index (χ0n) is 10.6. The first-order valence-electron chi connectivity index (χ1n) is 5.67. The van der Waals surface area contributed by atoms with E-state index >= 15 is 0 Å². The monoisotopic (exact) mass is 258 g/mol. The molecular weight excluding hydrogens is 244 g/mol. The molecule has 0 bridgehead atoms. The van der Waals surface area contributed by atoms with E-state index in [2.05, 4.69) is 35.3 Å². The molecule has 1 aromatic heterocycles. The molecule has 0 amide bonds. The fourth-order valence-corrected chi connectivity index (χ4v) is 2.39. The number of benzene rings is 1. The highest BCUT2D eigenvalue weighted by Crippen LogP contribution is 2.25.